The van der Waals surface area contributed by atoms with Gasteiger partial charge in [-0.05, 0) is 143 Å². The van der Waals surface area contributed by atoms with E-state index < -0.39 is 5.60 Å². The van der Waals surface area contributed by atoms with Gasteiger partial charge in [0, 0.05) is 46.5 Å². The maximum absolute atomic E-state index is 13.7. The lowest BCUT2D eigenvalue weighted by atomic mass is 9.86. The number of anilines is 2. The monoisotopic (exact) mass is 958 g/mol. The number of likely N-dealkylation sites (tertiary alicyclic amines) is 1. The minimum atomic E-state index is -0.535. The number of urea groups is 2. The van der Waals surface area contributed by atoms with Gasteiger partial charge in [-0.15, -0.1) is 0 Å². The van der Waals surface area contributed by atoms with Crippen LogP contribution in [0.2, 0.25) is 0 Å². The molecular formula is C47H56Br2N6O6. The lowest BCUT2D eigenvalue weighted by molar-refractivity contribution is 0.00784. The molecule has 0 aromatic heterocycles. The largest absolute Gasteiger partial charge is 0.497 e. The van der Waals surface area contributed by atoms with Gasteiger partial charge < -0.3 is 34.2 Å². The molecule has 14 heteroatoms. The summed E-state index contributed by atoms with van der Waals surface area (Å²) >= 11 is 6.95. The topological polar surface area (TPSA) is 107 Å². The van der Waals surface area contributed by atoms with Crippen LogP contribution in [0.5, 0.6) is 11.5 Å². The fourth-order valence-corrected chi connectivity index (χ4v) is 9.32. The van der Waals surface area contributed by atoms with Crippen LogP contribution >= 0.6 is 31.9 Å². The highest BCUT2D eigenvalue weighted by Gasteiger charge is 2.52. The molecule has 0 unspecified atom stereocenters. The summed E-state index contributed by atoms with van der Waals surface area (Å²) in [6, 6.07) is 31.7. The Morgan fingerprint density at radius 3 is 1.49 bits per heavy atom. The Morgan fingerprint density at radius 1 is 0.656 bits per heavy atom. The summed E-state index contributed by atoms with van der Waals surface area (Å²) in [5.74, 6) is 1.59. The summed E-state index contributed by atoms with van der Waals surface area (Å²) in [7, 11) is 3.31. The van der Waals surface area contributed by atoms with Gasteiger partial charge >= 0.3 is 18.2 Å². The first kappa shape index (κ1) is 44.3. The van der Waals surface area contributed by atoms with Crippen LogP contribution in [0.25, 0.3) is 0 Å². The number of rotatable bonds is 8. The summed E-state index contributed by atoms with van der Waals surface area (Å²) in [6.45, 7) is 11.0. The number of hydrogen-bond acceptors (Lipinski definition) is 7. The van der Waals surface area contributed by atoms with Gasteiger partial charge in [0.2, 0.25) is 0 Å². The standard InChI is InChI=1S/C26H32BrN3O4.C21H24BrN3O2/c1-25(2,3)34-24(32)28-14-12-26(13-15-28)18-29(21-10-8-20(27)9-11-21)23(31)30(26)17-19-6-5-7-22(16-19)33-4;1-27-19-4-2-3-16(13-19)14-25-20(26)24(18-7-5-17(22)6-8-18)15-21(25)9-11-23-12-10-21/h5-11,16H,12-15,17-18H2,1-4H3;2-8,13,23H,9-12,14-15H2,1H3. The molecule has 0 radical (unpaired) electrons. The normalized spacial score (nSPS) is 18.4. The number of ether oxygens (including phenoxy) is 3. The van der Waals surface area contributed by atoms with Gasteiger partial charge in [-0.1, -0.05) is 56.1 Å². The van der Waals surface area contributed by atoms with E-state index in [0.29, 0.717) is 45.6 Å². The second kappa shape index (κ2) is 18.7. The molecule has 12 nitrogen and oxygen atoms in total. The quantitative estimate of drug-likeness (QED) is 0.188. The Hall–Kier alpha value is -4.79. The van der Waals surface area contributed by atoms with E-state index in [1.807, 2.05) is 126 Å². The molecule has 4 heterocycles. The third-order valence-electron chi connectivity index (χ3n) is 12.1. The van der Waals surface area contributed by atoms with Gasteiger partial charge in [0.25, 0.3) is 0 Å². The number of halogens is 2. The zero-order valence-corrected chi connectivity index (χ0v) is 38.8. The number of nitrogens with one attached hydrogen (secondary N) is 1. The van der Waals surface area contributed by atoms with Gasteiger partial charge in [0.1, 0.15) is 17.1 Å². The van der Waals surface area contributed by atoms with Gasteiger partial charge in [0.05, 0.1) is 38.4 Å². The Balaban J connectivity index is 0.000000189. The number of benzene rings is 4. The summed E-state index contributed by atoms with van der Waals surface area (Å²) < 4.78 is 18.3. The molecule has 4 fully saturated rings. The summed E-state index contributed by atoms with van der Waals surface area (Å²) in [5.41, 5.74) is 2.90. The lowest BCUT2D eigenvalue weighted by Gasteiger charge is -2.43. The van der Waals surface area contributed by atoms with Crippen LogP contribution in [0.15, 0.2) is 106 Å². The van der Waals surface area contributed by atoms with E-state index in [4.69, 9.17) is 14.2 Å². The highest BCUT2D eigenvalue weighted by molar-refractivity contribution is 9.10. The van der Waals surface area contributed by atoms with Crippen molar-refractivity contribution in [1.29, 1.82) is 0 Å². The van der Waals surface area contributed by atoms with Gasteiger partial charge in [-0.2, -0.15) is 0 Å². The molecule has 4 aromatic carbocycles. The Morgan fingerprint density at radius 2 is 1.08 bits per heavy atom. The van der Waals surface area contributed by atoms with Gasteiger partial charge in [-0.25, -0.2) is 14.4 Å². The Labute approximate surface area is 376 Å². The van der Waals surface area contributed by atoms with Gasteiger partial charge in [-0.3, -0.25) is 9.80 Å². The zero-order chi connectivity index (χ0) is 43.4. The highest BCUT2D eigenvalue weighted by Crippen LogP contribution is 2.41. The van der Waals surface area contributed by atoms with Crippen molar-refractivity contribution >= 4 is 61.4 Å². The third-order valence-corrected chi connectivity index (χ3v) is 13.1. The molecule has 5 amide bonds. The second-order valence-corrected chi connectivity index (χ2v) is 19.1. The lowest BCUT2D eigenvalue weighted by Crippen LogP contribution is -2.55. The Kier molecular flexibility index (Phi) is 13.6. The van der Waals surface area contributed by atoms with E-state index in [0.717, 1.165) is 75.4 Å². The molecule has 4 saturated heterocycles. The molecule has 0 aliphatic carbocycles. The maximum Gasteiger partial charge on any atom is 0.410 e. The average molecular weight is 961 g/mol. The van der Waals surface area contributed by atoms with Crippen molar-refractivity contribution in [2.24, 2.45) is 0 Å². The van der Waals surface area contributed by atoms with Crippen LogP contribution in [0.3, 0.4) is 0 Å². The number of carbonyl (C=O) groups is 3. The molecule has 1 N–H and O–H groups in total. The SMILES string of the molecule is COc1cccc(CN2C(=O)N(c3ccc(Br)cc3)CC23CCN(C(=O)OC(C)(C)C)CC3)c1.COc1cccc(CN2C(=O)N(c3ccc(Br)cc3)CC23CCNCC3)c1. The first-order chi connectivity index (χ1) is 29.2. The van der Waals surface area contributed by atoms with Crippen molar-refractivity contribution in [3.63, 3.8) is 0 Å². The van der Waals surface area contributed by atoms with Crippen molar-refractivity contribution in [3.05, 3.63) is 117 Å². The number of piperidine rings is 2. The van der Waals surface area contributed by atoms with Crippen LogP contribution in [0, 0.1) is 0 Å². The van der Waals surface area contributed by atoms with E-state index >= 15 is 0 Å². The van der Waals surface area contributed by atoms with Crippen LogP contribution < -0.4 is 24.6 Å². The predicted molar refractivity (Wildman–Crippen MR) is 245 cm³/mol. The molecular weight excluding hydrogens is 904 g/mol. The van der Waals surface area contributed by atoms with E-state index in [9.17, 15) is 14.4 Å². The third kappa shape index (κ3) is 10.1. The summed E-state index contributed by atoms with van der Waals surface area (Å²) in [4.78, 5) is 49.4. The molecule has 0 atom stereocenters. The number of amides is 5. The molecule has 8 rings (SSSR count). The molecule has 4 aliphatic rings. The van der Waals surface area contributed by atoms with Crippen LogP contribution in [0.1, 0.15) is 57.6 Å². The smallest absolute Gasteiger partial charge is 0.410 e. The van der Waals surface area contributed by atoms with Crippen molar-refractivity contribution in [2.75, 3.05) is 63.3 Å². The van der Waals surface area contributed by atoms with Crippen LogP contribution in [-0.4, -0.2) is 103 Å². The number of nitrogens with zero attached hydrogens (tertiary/aromatic N) is 5. The maximum atomic E-state index is 13.7. The first-order valence-corrected chi connectivity index (χ1v) is 22.4. The molecule has 4 aromatic rings. The molecule has 61 heavy (non-hydrogen) atoms. The molecule has 0 saturated carbocycles. The van der Waals surface area contributed by atoms with Crippen LogP contribution in [0.4, 0.5) is 25.8 Å². The van der Waals surface area contributed by atoms with E-state index in [-0.39, 0.29) is 29.2 Å². The minimum Gasteiger partial charge on any atom is -0.497 e. The zero-order valence-electron chi connectivity index (χ0n) is 35.7. The highest BCUT2D eigenvalue weighted by atomic mass is 79.9. The fraction of sp³-hybridized carbons (Fsp3) is 0.426. The second-order valence-electron chi connectivity index (χ2n) is 17.2. The molecule has 2 spiro atoms. The van der Waals surface area contributed by atoms with Crippen molar-refractivity contribution < 1.29 is 28.6 Å². The van der Waals surface area contributed by atoms with Crippen LogP contribution in [-0.2, 0) is 17.8 Å². The van der Waals surface area contributed by atoms with Crippen molar-refractivity contribution in [3.8, 4) is 11.5 Å². The number of carbonyl (C=O) groups excluding carboxylic acids is 3. The van der Waals surface area contributed by atoms with E-state index in [2.05, 4.69) is 48.1 Å². The fourth-order valence-electron chi connectivity index (χ4n) is 8.79. The van der Waals surface area contributed by atoms with Gasteiger partial charge in [0.15, 0.2) is 0 Å². The molecule has 4 aliphatic heterocycles. The van der Waals surface area contributed by atoms with Crippen molar-refractivity contribution in [1.82, 2.24) is 20.0 Å². The Bertz CT molecular complexity index is 2170. The minimum absolute atomic E-state index is 0.0177. The van der Waals surface area contributed by atoms with E-state index in [1.165, 1.54) is 0 Å². The van der Waals surface area contributed by atoms with Crippen molar-refractivity contribution in [2.45, 2.75) is 76.2 Å². The van der Waals surface area contributed by atoms with E-state index in [1.54, 1.807) is 19.1 Å². The molecule has 324 valence electrons. The molecule has 0 bridgehead atoms. The summed E-state index contributed by atoms with van der Waals surface area (Å²) in [6.07, 6.45) is 3.02. The number of hydrogen-bond donors (Lipinski definition) is 1. The predicted octanol–water partition coefficient (Wildman–Crippen LogP) is 9.69. The first-order valence-electron chi connectivity index (χ1n) is 20.9. The number of methoxy groups -OCH3 is 2. The summed E-state index contributed by atoms with van der Waals surface area (Å²) in [5, 5.41) is 3.43. The average Bonchev–Trinajstić information content (AvgIpc) is 3.66.